The molecule has 1 aromatic heterocycles. The predicted octanol–water partition coefficient (Wildman–Crippen LogP) is 1.10. The van der Waals surface area contributed by atoms with Crippen LogP contribution in [-0.4, -0.2) is 29.1 Å². The third-order valence-corrected chi connectivity index (χ3v) is 1.51. The summed E-state index contributed by atoms with van der Waals surface area (Å²) < 4.78 is 4.71. The molecule has 0 aliphatic heterocycles. The van der Waals surface area contributed by atoms with Gasteiger partial charge in [-0.1, -0.05) is 11.6 Å². The SMILES string of the molecule is CCOC(=O)CNc1cncc(Cl)n1. The van der Waals surface area contributed by atoms with E-state index in [1.54, 1.807) is 6.92 Å². The van der Waals surface area contributed by atoms with E-state index in [-0.39, 0.29) is 17.7 Å². The maximum Gasteiger partial charge on any atom is 0.325 e. The molecule has 5 nitrogen and oxygen atoms in total. The highest BCUT2D eigenvalue weighted by Crippen LogP contribution is 2.05. The van der Waals surface area contributed by atoms with E-state index in [1.807, 2.05) is 0 Å². The Morgan fingerprint density at radius 3 is 3.07 bits per heavy atom. The van der Waals surface area contributed by atoms with Gasteiger partial charge >= 0.3 is 5.97 Å². The number of hydrogen-bond acceptors (Lipinski definition) is 5. The number of anilines is 1. The summed E-state index contributed by atoms with van der Waals surface area (Å²) in [5, 5.41) is 3.01. The Balaban J connectivity index is 2.41. The lowest BCUT2D eigenvalue weighted by Gasteiger charge is -2.04. The second kappa shape index (κ2) is 5.39. The van der Waals surface area contributed by atoms with Crippen LogP contribution in [0.15, 0.2) is 12.4 Å². The number of carbonyl (C=O) groups excluding carboxylic acids is 1. The van der Waals surface area contributed by atoms with Gasteiger partial charge in [0.2, 0.25) is 0 Å². The molecular weight excluding hydrogens is 206 g/mol. The van der Waals surface area contributed by atoms with Gasteiger partial charge in [-0.25, -0.2) is 4.98 Å². The standard InChI is InChI=1S/C8H10ClN3O2/c1-2-14-8(13)5-11-7-4-10-3-6(9)12-7/h3-4H,2,5H2,1H3,(H,11,12). The zero-order chi connectivity index (χ0) is 10.4. The summed E-state index contributed by atoms with van der Waals surface area (Å²) in [6.07, 6.45) is 2.89. The van der Waals surface area contributed by atoms with Crippen molar-refractivity contribution in [1.29, 1.82) is 0 Å². The van der Waals surface area contributed by atoms with E-state index >= 15 is 0 Å². The predicted molar refractivity (Wildman–Crippen MR) is 52.2 cm³/mol. The minimum Gasteiger partial charge on any atom is -0.465 e. The van der Waals surface area contributed by atoms with Crippen LogP contribution >= 0.6 is 11.6 Å². The van der Waals surface area contributed by atoms with Crippen molar-refractivity contribution in [3.8, 4) is 0 Å². The highest BCUT2D eigenvalue weighted by atomic mass is 35.5. The molecule has 0 aliphatic rings. The monoisotopic (exact) mass is 215 g/mol. The van der Waals surface area contributed by atoms with Crippen molar-refractivity contribution >= 4 is 23.4 Å². The quantitative estimate of drug-likeness (QED) is 0.763. The van der Waals surface area contributed by atoms with Gasteiger partial charge in [-0.15, -0.1) is 0 Å². The Bertz CT molecular complexity index is 319. The average Bonchev–Trinajstić information content (AvgIpc) is 2.15. The zero-order valence-corrected chi connectivity index (χ0v) is 8.41. The van der Waals surface area contributed by atoms with Gasteiger partial charge in [0.15, 0.2) is 0 Å². The van der Waals surface area contributed by atoms with Crippen LogP contribution in [0.4, 0.5) is 5.82 Å². The average molecular weight is 216 g/mol. The van der Waals surface area contributed by atoms with E-state index in [2.05, 4.69) is 15.3 Å². The summed E-state index contributed by atoms with van der Waals surface area (Å²) in [6.45, 7) is 2.17. The van der Waals surface area contributed by atoms with Gasteiger partial charge in [0.1, 0.15) is 17.5 Å². The highest BCUT2D eigenvalue weighted by molar-refractivity contribution is 6.29. The maximum atomic E-state index is 10.9. The van der Waals surface area contributed by atoms with E-state index in [0.29, 0.717) is 12.4 Å². The summed E-state index contributed by atoms with van der Waals surface area (Å²) in [7, 11) is 0. The van der Waals surface area contributed by atoms with Crippen LogP contribution in [-0.2, 0) is 9.53 Å². The molecule has 0 aromatic carbocycles. The number of carbonyl (C=O) groups is 1. The molecular formula is C8H10ClN3O2. The Morgan fingerprint density at radius 1 is 1.64 bits per heavy atom. The second-order valence-electron chi connectivity index (χ2n) is 2.39. The maximum absolute atomic E-state index is 10.9. The topological polar surface area (TPSA) is 64.1 Å². The normalized spacial score (nSPS) is 9.57. The Kier molecular flexibility index (Phi) is 4.12. The number of hydrogen-bond donors (Lipinski definition) is 1. The van der Waals surface area contributed by atoms with Gasteiger partial charge in [0.05, 0.1) is 19.0 Å². The van der Waals surface area contributed by atoms with Crippen molar-refractivity contribution in [3.05, 3.63) is 17.5 Å². The first-order valence-corrected chi connectivity index (χ1v) is 4.47. The van der Waals surface area contributed by atoms with Crippen LogP contribution in [0.1, 0.15) is 6.92 Å². The molecule has 0 aliphatic carbocycles. The van der Waals surface area contributed by atoms with Crippen LogP contribution in [0.5, 0.6) is 0 Å². The smallest absolute Gasteiger partial charge is 0.325 e. The molecule has 1 aromatic rings. The third-order valence-electron chi connectivity index (χ3n) is 1.32. The lowest BCUT2D eigenvalue weighted by molar-refractivity contribution is -0.140. The van der Waals surface area contributed by atoms with Crippen molar-refractivity contribution in [1.82, 2.24) is 9.97 Å². The second-order valence-corrected chi connectivity index (χ2v) is 2.77. The molecule has 0 saturated heterocycles. The molecule has 14 heavy (non-hydrogen) atoms. The summed E-state index contributed by atoms with van der Waals surface area (Å²) >= 11 is 5.59. The number of ether oxygens (including phenoxy) is 1. The number of nitrogens with one attached hydrogen (secondary N) is 1. The van der Waals surface area contributed by atoms with E-state index in [1.165, 1.54) is 12.4 Å². The van der Waals surface area contributed by atoms with Crippen molar-refractivity contribution < 1.29 is 9.53 Å². The fourth-order valence-electron chi connectivity index (χ4n) is 0.802. The Labute approximate surface area is 86.5 Å². The van der Waals surface area contributed by atoms with Gasteiger partial charge in [-0.2, -0.15) is 0 Å². The summed E-state index contributed by atoms with van der Waals surface area (Å²) in [5.74, 6) is 0.111. The van der Waals surface area contributed by atoms with E-state index in [0.717, 1.165) is 0 Å². The molecule has 6 heteroatoms. The van der Waals surface area contributed by atoms with Crippen LogP contribution in [0.3, 0.4) is 0 Å². The van der Waals surface area contributed by atoms with Gasteiger partial charge < -0.3 is 10.1 Å². The molecule has 0 unspecified atom stereocenters. The van der Waals surface area contributed by atoms with Crippen LogP contribution in [0.25, 0.3) is 0 Å². The first-order chi connectivity index (χ1) is 6.72. The van der Waals surface area contributed by atoms with Crippen LogP contribution < -0.4 is 5.32 Å². The summed E-state index contributed by atoms with van der Waals surface area (Å²) in [5.41, 5.74) is 0. The van der Waals surface area contributed by atoms with Gasteiger partial charge in [0, 0.05) is 0 Å². The van der Waals surface area contributed by atoms with Crippen molar-refractivity contribution in [2.24, 2.45) is 0 Å². The van der Waals surface area contributed by atoms with Crippen molar-refractivity contribution in [2.45, 2.75) is 6.92 Å². The molecule has 1 rings (SSSR count). The van der Waals surface area contributed by atoms with E-state index in [9.17, 15) is 4.79 Å². The van der Waals surface area contributed by atoms with Crippen molar-refractivity contribution in [2.75, 3.05) is 18.5 Å². The highest BCUT2D eigenvalue weighted by Gasteiger charge is 2.02. The molecule has 1 heterocycles. The third kappa shape index (κ3) is 3.57. The van der Waals surface area contributed by atoms with Gasteiger partial charge in [0.25, 0.3) is 0 Å². The number of aromatic nitrogens is 2. The molecule has 0 spiro atoms. The van der Waals surface area contributed by atoms with E-state index in [4.69, 9.17) is 16.3 Å². The summed E-state index contributed by atoms with van der Waals surface area (Å²) in [4.78, 5) is 18.6. The largest absolute Gasteiger partial charge is 0.465 e. The first-order valence-electron chi connectivity index (χ1n) is 4.09. The molecule has 0 radical (unpaired) electrons. The van der Waals surface area contributed by atoms with E-state index < -0.39 is 0 Å². The molecule has 76 valence electrons. The van der Waals surface area contributed by atoms with Gasteiger partial charge in [-0.3, -0.25) is 9.78 Å². The van der Waals surface area contributed by atoms with Crippen molar-refractivity contribution in [3.63, 3.8) is 0 Å². The lowest BCUT2D eigenvalue weighted by Crippen LogP contribution is -2.17. The van der Waals surface area contributed by atoms with Crippen LogP contribution in [0.2, 0.25) is 5.15 Å². The number of nitrogens with zero attached hydrogens (tertiary/aromatic N) is 2. The fraction of sp³-hybridized carbons (Fsp3) is 0.375. The Hall–Kier alpha value is -1.36. The first kappa shape index (κ1) is 10.7. The number of esters is 1. The molecule has 0 fully saturated rings. The molecule has 1 N–H and O–H groups in total. The molecule has 0 atom stereocenters. The number of halogens is 1. The number of rotatable bonds is 4. The zero-order valence-electron chi connectivity index (χ0n) is 7.66. The molecule has 0 amide bonds. The van der Waals surface area contributed by atoms with Crippen LogP contribution in [0, 0.1) is 0 Å². The minimum atomic E-state index is -0.339. The molecule has 0 bridgehead atoms. The molecule has 0 saturated carbocycles. The van der Waals surface area contributed by atoms with Gasteiger partial charge in [-0.05, 0) is 6.92 Å². The summed E-state index contributed by atoms with van der Waals surface area (Å²) in [6, 6.07) is 0. The lowest BCUT2D eigenvalue weighted by atomic mass is 10.6. The Morgan fingerprint density at radius 2 is 2.43 bits per heavy atom. The fourth-order valence-corrected chi connectivity index (χ4v) is 0.949. The minimum absolute atomic E-state index is 0.0584.